The van der Waals surface area contributed by atoms with Gasteiger partial charge in [-0.3, -0.25) is 14.5 Å². The van der Waals surface area contributed by atoms with Crippen molar-refractivity contribution < 1.29 is 42.9 Å². The molecule has 0 spiro atoms. The molecular weight excluding hydrogens is 587 g/mol. The van der Waals surface area contributed by atoms with Gasteiger partial charge in [-0.1, -0.05) is 31.1 Å². The van der Waals surface area contributed by atoms with E-state index in [-0.39, 0.29) is 38.4 Å². The molecule has 0 radical (unpaired) electrons. The second-order valence-electron chi connectivity index (χ2n) is 13.4. The van der Waals surface area contributed by atoms with Gasteiger partial charge in [0, 0.05) is 25.4 Å². The number of rotatable bonds is 3. The molecule has 12 nitrogen and oxygen atoms in total. The summed E-state index contributed by atoms with van der Waals surface area (Å²) in [7, 11) is 0. The Balaban J connectivity index is 1.36. The van der Waals surface area contributed by atoms with E-state index in [0.717, 1.165) is 24.8 Å². The van der Waals surface area contributed by atoms with Gasteiger partial charge in [-0.05, 0) is 69.7 Å². The molecule has 3 N–H and O–H groups in total. The second-order valence-corrected chi connectivity index (χ2v) is 13.4. The molecule has 3 heterocycles. The van der Waals surface area contributed by atoms with Crippen LogP contribution >= 0.6 is 0 Å². The van der Waals surface area contributed by atoms with E-state index in [1.54, 1.807) is 26.8 Å². The Morgan fingerprint density at radius 2 is 1.87 bits per heavy atom. The van der Waals surface area contributed by atoms with Gasteiger partial charge in [-0.2, -0.15) is 0 Å². The number of benzene rings is 1. The highest BCUT2D eigenvalue weighted by molar-refractivity contribution is 5.96. The molecule has 5 rings (SSSR count). The van der Waals surface area contributed by atoms with Crippen LogP contribution in [0, 0.1) is 11.7 Å². The number of carbonyl (C=O) groups excluding carboxylic acids is 4. The number of alkyl carbamates (subject to hydrolysis) is 1. The predicted molar refractivity (Wildman–Crippen MR) is 158 cm³/mol. The summed E-state index contributed by atoms with van der Waals surface area (Å²) in [5, 5.41) is 15.4. The van der Waals surface area contributed by atoms with Crippen molar-refractivity contribution in [3.8, 4) is 0 Å². The van der Waals surface area contributed by atoms with Gasteiger partial charge in [0.05, 0.1) is 6.54 Å². The van der Waals surface area contributed by atoms with Crippen LogP contribution in [0.2, 0.25) is 0 Å². The van der Waals surface area contributed by atoms with E-state index in [9.17, 15) is 33.5 Å². The van der Waals surface area contributed by atoms with Crippen molar-refractivity contribution in [2.45, 2.75) is 108 Å². The van der Waals surface area contributed by atoms with Gasteiger partial charge in [-0.15, -0.1) is 0 Å². The lowest BCUT2D eigenvalue weighted by Crippen LogP contribution is -2.56. The number of nitrogens with one attached hydrogen (secondary N) is 2. The maximum absolute atomic E-state index is 14.0. The van der Waals surface area contributed by atoms with Gasteiger partial charge in [0.25, 0.3) is 0 Å². The average Bonchev–Trinajstić information content (AvgIpc) is 3.26. The Hall–Kier alpha value is -4.16. The van der Waals surface area contributed by atoms with E-state index in [2.05, 4.69) is 10.6 Å². The third kappa shape index (κ3) is 7.39. The minimum absolute atomic E-state index is 0.0614. The van der Waals surface area contributed by atoms with E-state index in [1.807, 2.05) is 12.2 Å². The standard InChI is InChI=1S/C32H41FN4O8/c1-31(2,3)45-29(42)34-24-10-8-6-4-5-7-9-21-15-32(21,28(40)41)35-26(38)25-14-23(18-37(25)27(24)39)44-30(43)36-16-19-11-12-22(33)13-20(19)17-36/h7,9,11-13,21,23-25H,4-6,8,10,14-18H2,1-3H3,(H,34,42)(H,35,38)(H,40,41)/t21-,23-,24+,25+,32-/m1/s1. The van der Waals surface area contributed by atoms with Crippen LogP contribution in [0.5, 0.6) is 0 Å². The molecule has 1 saturated heterocycles. The van der Waals surface area contributed by atoms with E-state index < -0.39 is 65.1 Å². The molecule has 13 heteroatoms. The van der Waals surface area contributed by atoms with Crippen LogP contribution < -0.4 is 10.6 Å². The lowest BCUT2D eigenvalue weighted by atomic mass is 10.0. The number of amides is 4. The predicted octanol–water partition coefficient (Wildman–Crippen LogP) is 3.62. The number of allylic oxidation sites excluding steroid dienone is 1. The van der Waals surface area contributed by atoms with Crippen LogP contribution in [0.1, 0.15) is 76.8 Å². The van der Waals surface area contributed by atoms with Crippen molar-refractivity contribution in [3.63, 3.8) is 0 Å². The second kappa shape index (κ2) is 12.7. The first-order valence-electron chi connectivity index (χ1n) is 15.5. The molecule has 4 aliphatic rings. The van der Waals surface area contributed by atoms with Crippen molar-refractivity contribution >= 4 is 30.0 Å². The summed E-state index contributed by atoms with van der Waals surface area (Å²) in [6, 6.07) is 2.15. The van der Waals surface area contributed by atoms with Gasteiger partial charge < -0.3 is 30.1 Å². The highest BCUT2D eigenvalue weighted by Gasteiger charge is 2.61. The van der Waals surface area contributed by atoms with Crippen molar-refractivity contribution in [2.75, 3.05) is 6.54 Å². The van der Waals surface area contributed by atoms with Crippen molar-refractivity contribution in [1.82, 2.24) is 20.4 Å². The molecule has 244 valence electrons. The Labute approximate surface area is 261 Å². The van der Waals surface area contributed by atoms with Gasteiger partial charge in [0.2, 0.25) is 11.8 Å². The summed E-state index contributed by atoms with van der Waals surface area (Å²) in [4.78, 5) is 68.6. The molecule has 45 heavy (non-hydrogen) atoms. The summed E-state index contributed by atoms with van der Waals surface area (Å²) in [6.07, 6.45) is 4.77. The Kier molecular flexibility index (Phi) is 9.09. The molecule has 0 bridgehead atoms. The first-order valence-corrected chi connectivity index (χ1v) is 15.5. The lowest BCUT2D eigenvalue weighted by molar-refractivity contribution is -0.145. The average molecular weight is 629 g/mol. The quantitative estimate of drug-likeness (QED) is 0.429. The topological polar surface area (TPSA) is 155 Å². The number of nitrogens with zero attached hydrogens (tertiary/aromatic N) is 2. The highest BCUT2D eigenvalue weighted by Crippen LogP contribution is 2.45. The van der Waals surface area contributed by atoms with Gasteiger partial charge in [0.15, 0.2) is 0 Å². The summed E-state index contributed by atoms with van der Waals surface area (Å²) in [5.74, 6) is -3.17. The summed E-state index contributed by atoms with van der Waals surface area (Å²) >= 11 is 0. The Morgan fingerprint density at radius 3 is 2.60 bits per heavy atom. The Morgan fingerprint density at radius 1 is 1.11 bits per heavy atom. The zero-order valence-electron chi connectivity index (χ0n) is 25.8. The molecule has 1 aliphatic carbocycles. The van der Waals surface area contributed by atoms with Crippen LogP contribution in [-0.2, 0) is 36.9 Å². The number of carboxylic acids is 1. The van der Waals surface area contributed by atoms with Crippen LogP contribution in [-0.4, -0.2) is 80.7 Å². The summed E-state index contributed by atoms with van der Waals surface area (Å²) in [5.41, 5.74) is -0.822. The molecule has 3 aliphatic heterocycles. The number of aliphatic carboxylic acids is 1. The van der Waals surface area contributed by atoms with Gasteiger partial charge in [-0.25, -0.2) is 18.8 Å². The van der Waals surface area contributed by atoms with E-state index in [1.165, 1.54) is 21.9 Å². The van der Waals surface area contributed by atoms with Crippen LogP contribution in [0.4, 0.5) is 14.0 Å². The number of carbonyl (C=O) groups is 5. The number of hydrogen-bond acceptors (Lipinski definition) is 7. The smallest absolute Gasteiger partial charge is 0.410 e. The maximum atomic E-state index is 14.0. The highest BCUT2D eigenvalue weighted by atomic mass is 19.1. The molecule has 5 atom stereocenters. The van der Waals surface area contributed by atoms with Gasteiger partial charge >= 0.3 is 18.2 Å². The fourth-order valence-corrected chi connectivity index (χ4v) is 6.31. The number of hydrogen-bond donors (Lipinski definition) is 3. The summed E-state index contributed by atoms with van der Waals surface area (Å²) < 4.78 is 24.9. The monoisotopic (exact) mass is 628 g/mol. The van der Waals surface area contributed by atoms with Crippen molar-refractivity contribution in [3.05, 3.63) is 47.3 Å². The normalized spacial score (nSPS) is 28.5. The summed E-state index contributed by atoms with van der Waals surface area (Å²) in [6.45, 7) is 5.37. The molecule has 0 aromatic heterocycles. The van der Waals surface area contributed by atoms with E-state index in [0.29, 0.717) is 18.4 Å². The van der Waals surface area contributed by atoms with Crippen LogP contribution in [0.25, 0.3) is 0 Å². The van der Waals surface area contributed by atoms with E-state index >= 15 is 0 Å². The molecule has 1 aromatic rings. The van der Waals surface area contributed by atoms with E-state index in [4.69, 9.17) is 9.47 Å². The largest absolute Gasteiger partial charge is 0.479 e. The fraction of sp³-hybridized carbons (Fsp3) is 0.594. The van der Waals surface area contributed by atoms with Crippen molar-refractivity contribution in [2.24, 2.45) is 5.92 Å². The number of halogens is 1. The minimum atomic E-state index is -1.48. The van der Waals surface area contributed by atoms with Crippen LogP contribution in [0.3, 0.4) is 0 Å². The first kappa shape index (κ1) is 32.2. The number of fused-ring (bicyclic) bond motifs is 3. The third-order valence-electron chi connectivity index (χ3n) is 8.73. The lowest BCUT2D eigenvalue weighted by Gasteiger charge is -2.30. The molecule has 2 fully saturated rings. The SMILES string of the molecule is CC(C)(C)OC(=O)N[C@H]1CCCCCC=C[C@@H]2C[C@@]2(C(=O)O)NC(=O)[C@@H]2C[C@@H](OC(=O)N3Cc4ccc(F)cc4C3)CN2C1=O. The number of carboxylic acid groups (broad SMARTS) is 1. The molecule has 0 unspecified atom stereocenters. The zero-order chi connectivity index (χ0) is 32.5. The fourth-order valence-electron chi connectivity index (χ4n) is 6.31. The zero-order valence-corrected chi connectivity index (χ0v) is 25.8. The van der Waals surface area contributed by atoms with Crippen molar-refractivity contribution in [1.29, 1.82) is 0 Å². The maximum Gasteiger partial charge on any atom is 0.410 e. The first-order chi connectivity index (χ1) is 21.3. The molecular formula is C32H41FN4O8. The molecule has 4 amide bonds. The third-order valence-corrected chi connectivity index (χ3v) is 8.73. The molecule has 1 aromatic carbocycles. The van der Waals surface area contributed by atoms with Crippen LogP contribution in [0.15, 0.2) is 30.4 Å². The van der Waals surface area contributed by atoms with Gasteiger partial charge in [0.1, 0.15) is 35.1 Å². The number of ether oxygens (including phenoxy) is 2. The minimum Gasteiger partial charge on any atom is -0.479 e. The molecule has 1 saturated carbocycles. The Bertz CT molecular complexity index is 1390.